The number of nitrogens with one attached hydrogen (secondary N) is 2. The van der Waals surface area contributed by atoms with Crippen molar-refractivity contribution in [1.82, 2.24) is 24.9 Å². The number of ether oxygens (including phenoxy) is 2. The molecule has 268 valence electrons. The summed E-state index contributed by atoms with van der Waals surface area (Å²) >= 11 is 0. The number of rotatable bonds is 7. The van der Waals surface area contributed by atoms with Gasteiger partial charge in [-0.05, 0) is 75.8 Å². The fourth-order valence-corrected chi connectivity index (χ4v) is 7.83. The van der Waals surface area contributed by atoms with Crippen LogP contribution < -0.4 is 24.4 Å². The molecule has 0 radical (unpaired) electrons. The largest absolute Gasteiger partial charge is 0.497 e. The first-order valence-electron chi connectivity index (χ1n) is 17.2. The Morgan fingerprint density at radius 1 is 1.06 bits per heavy atom. The van der Waals surface area contributed by atoms with Gasteiger partial charge in [0.2, 0.25) is 33.7 Å². The van der Waals surface area contributed by atoms with Crippen molar-refractivity contribution in [3.8, 4) is 11.6 Å². The second-order valence-electron chi connectivity index (χ2n) is 14.4. The smallest absolute Gasteiger partial charge is 0.256 e. The van der Waals surface area contributed by atoms with Gasteiger partial charge in [-0.25, -0.2) is 13.4 Å². The number of carbonyl (C=O) groups is 3. The molecule has 2 fully saturated rings. The van der Waals surface area contributed by atoms with Gasteiger partial charge in [0.25, 0.3) is 5.91 Å². The fraction of sp³-hybridized carbons (Fsp3) is 0.629. The van der Waals surface area contributed by atoms with Gasteiger partial charge in [0.1, 0.15) is 23.9 Å². The molecular formula is C35H50N6O7S. The molecule has 2 N–H and O–H groups in total. The molecule has 0 bridgehead atoms. The van der Waals surface area contributed by atoms with Gasteiger partial charge in [0, 0.05) is 33.0 Å². The van der Waals surface area contributed by atoms with E-state index < -0.39 is 44.8 Å². The van der Waals surface area contributed by atoms with Gasteiger partial charge in [0.15, 0.2) is 0 Å². The van der Waals surface area contributed by atoms with Crippen molar-refractivity contribution in [3.63, 3.8) is 0 Å². The molecule has 3 heterocycles. The van der Waals surface area contributed by atoms with Gasteiger partial charge in [-0.2, -0.15) is 4.98 Å². The molecule has 3 aliphatic rings. The minimum atomic E-state index is -3.91. The number of allylic oxidation sites excluding steroid dienone is 2. The highest BCUT2D eigenvalue weighted by molar-refractivity contribution is 7.91. The predicted molar refractivity (Wildman–Crippen MR) is 187 cm³/mol. The molecule has 5 rings (SSSR count). The molecule has 5 atom stereocenters. The number of anilines is 1. The van der Waals surface area contributed by atoms with E-state index in [9.17, 15) is 22.8 Å². The summed E-state index contributed by atoms with van der Waals surface area (Å²) < 4.78 is 39.0. The number of hydrogen-bond donors (Lipinski definition) is 2. The van der Waals surface area contributed by atoms with E-state index in [0.29, 0.717) is 53.7 Å². The standard InChI is InChI=1S/C35H50N6O7S/c1-22-11-9-7-8-10-12-27(31(43)39-49(45,46)35(3)15-16-35)36-32(44)29-20-25(21-41(29)30(42)18-23(2)17-22)48-33-26-14-13-24(47-6)19-28(26)37-34(38-33)40(4)5/h7-8,13-14,19,22-23,25,27,29H,9-12,15-18,20-21H2,1-6H3,(H,36,44)(H,39,43)/b8-7-. The van der Waals surface area contributed by atoms with Gasteiger partial charge in [-0.1, -0.05) is 26.0 Å². The maximum atomic E-state index is 14.0. The van der Waals surface area contributed by atoms with E-state index in [1.165, 1.54) is 0 Å². The molecule has 1 aliphatic carbocycles. The number of nitrogens with zero attached hydrogens (tertiary/aromatic N) is 4. The lowest BCUT2D eigenvalue weighted by Gasteiger charge is -2.27. The highest BCUT2D eigenvalue weighted by Crippen LogP contribution is 2.42. The van der Waals surface area contributed by atoms with Crippen LogP contribution in [0.5, 0.6) is 11.6 Å². The van der Waals surface area contributed by atoms with E-state index in [2.05, 4.69) is 39.9 Å². The Kier molecular flexibility index (Phi) is 11.0. The molecule has 14 heteroatoms. The van der Waals surface area contributed by atoms with Crippen molar-refractivity contribution in [3.05, 3.63) is 30.4 Å². The topological polar surface area (TPSA) is 160 Å². The molecule has 3 amide bonds. The zero-order valence-electron chi connectivity index (χ0n) is 29.4. The van der Waals surface area contributed by atoms with Gasteiger partial charge >= 0.3 is 0 Å². The quantitative estimate of drug-likeness (QED) is 0.408. The molecule has 1 aromatic heterocycles. The number of sulfonamides is 1. The monoisotopic (exact) mass is 698 g/mol. The van der Waals surface area contributed by atoms with Crippen LogP contribution in [0.3, 0.4) is 0 Å². The summed E-state index contributed by atoms with van der Waals surface area (Å²) in [4.78, 5) is 53.9. The molecular weight excluding hydrogens is 648 g/mol. The number of amides is 3. The predicted octanol–water partition coefficient (Wildman–Crippen LogP) is 3.72. The zero-order chi connectivity index (χ0) is 35.5. The molecule has 2 aliphatic heterocycles. The van der Waals surface area contributed by atoms with Crippen molar-refractivity contribution in [2.45, 2.75) is 101 Å². The number of carbonyl (C=O) groups excluding carboxylic acids is 3. The Hall–Kier alpha value is -3.94. The lowest BCUT2D eigenvalue weighted by Crippen LogP contribution is -2.54. The second kappa shape index (κ2) is 14.9. The third kappa shape index (κ3) is 8.63. The lowest BCUT2D eigenvalue weighted by atomic mass is 9.91. The van der Waals surface area contributed by atoms with E-state index >= 15 is 0 Å². The molecule has 1 saturated heterocycles. The van der Waals surface area contributed by atoms with Crippen LogP contribution in [-0.4, -0.2) is 91.7 Å². The highest BCUT2D eigenvalue weighted by atomic mass is 32.2. The van der Waals surface area contributed by atoms with Crippen LogP contribution in [0.2, 0.25) is 0 Å². The summed E-state index contributed by atoms with van der Waals surface area (Å²) in [6, 6.07) is 3.36. The van der Waals surface area contributed by atoms with E-state index in [-0.39, 0.29) is 37.6 Å². The summed E-state index contributed by atoms with van der Waals surface area (Å²) in [7, 11) is 1.31. The SMILES string of the molecule is COc1ccc2c(OC3CC4C(=O)NC(C(=O)NS(=O)(=O)C5(C)CC5)CC/C=C\CCC(C)CC(C)CC(=O)N4C3)nc(N(C)C)nc2c1. The van der Waals surface area contributed by atoms with Crippen LogP contribution in [0.25, 0.3) is 10.9 Å². The zero-order valence-corrected chi connectivity index (χ0v) is 30.2. The van der Waals surface area contributed by atoms with Crippen LogP contribution >= 0.6 is 0 Å². The molecule has 2 aromatic rings. The number of methoxy groups -OCH3 is 1. The summed E-state index contributed by atoms with van der Waals surface area (Å²) in [5.41, 5.74) is 0.617. The average molecular weight is 699 g/mol. The Morgan fingerprint density at radius 2 is 1.78 bits per heavy atom. The van der Waals surface area contributed by atoms with Crippen LogP contribution in [-0.2, 0) is 24.4 Å². The van der Waals surface area contributed by atoms with E-state index in [0.717, 1.165) is 19.3 Å². The first-order chi connectivity index (χ1) is 23.2. The van der Waals surface area contributed by atoms with Crippen molar-refractivity contribution in [2.75, 3.05) is 32.6 Å². The molecule has 1 aromatic carbocycles. The number of benzene rings is 1. The summed E-state index contributed by atoms with van der Waals surface area (Å²) in [6.45, 7) is 5.98. The highest BCUT2D eigenvalue weighted by Gasteiger charge is 2.51. The Labute approximate surface area is 289 Å². The van der Waals surface area contributed by atoms with Crippen LogP contribution in [0, 0.1) is 11.8 Å². The Balaban J connectivity index is 1.43. The fourth-order valence-electron chi connectivity index (χ4n) is 6.54. The Morgan fingerprint density at radius 3 is 2.45 bits per heavy atom. The average Bonchev–Trinajstić information content (AvgIpc) is 3.67. The van der Waals surface area contributed by atoms with E-state index in [4.69, 9.17) is 9.47 Å². The van der Waals surface area contributed by atoms with E-state index in [1.54, 1.807) is 36.0 Å². The van der Waals surface area contributed by atoms with E-state index in [1.807, 2.05) is 26.2 Å². The second-order valence-corrected chi connectivity index (χ2v) is 16.6. The molecule has 0 spiro atoms. The molecule has 5 unspecified atom stereocenters. The summed E-state index contributed by atoms with van der Waals surface area (Å²) in [5.74, 6) is 0.389. The van der Waals surface area contributed by atoms with Crippen LogP contribution in [0.1, 0.15) is 78.6 Å². The van der Waals surface area contributed by atoms with Gasteiger partial charge < -0.3 is 24.6 Å². The van der Waals surface area contributed by atoms with Crippen LogP contribution in [0.15, 0.2) is 30.4 Å². The molecule has 13 nitrogen and oxygen atoms in total. The van der Waals surface area contributed by atoms with Gasteiger partial charge in [0.05, 0.1) is 29.3 Å². The number of hydrogen-bond acceptors (Lipinski definition) is 10. The minimum absolute atomic E-state index is 0.0963. The summed E-state index contributed by atoms with van der Waals surface area (Å²) in [6.07, 6.45) is 8.18. The summed E-state index contributed by atoms with van der Waals surface area (Å²) in [5, 5.41) is 3.46. The van der Waals surface area contributed by atoms with Gasteiger partial charge in [-0.15, -0.1) is 0 Å². The van der Waals surface area contributed by atoms with Crippen molar-refractivity contribution < 1.29 is 32.3 Å². The lowest BCUT2D eigenvalue weighted by molar-refractivity contribution is -0.140. The van der Waals surface area contributed by atoms with Crippen molar-refractivity contribution in [2.24, 2.45) is 11.8 Å². The third-order valence-electron chi connectivity index (χ3n) is 9.83. The minimum Gasteiger partial charge on any atom is -0.497 e. The maximum Gasteiger partial charge on any atom is 0.256 e. The number of aromatic nitrogens is 2. The maximum absolute atomic E-state index is 14.0. The number of fused-ring (bicyclic) bond motifs is 2. The molecule has 49 heavy (non-hydrogen) atoms. The third-order valence-corrected chi connectivity index (χ3v) is 12.0. The van der Waals surface area contributed by atoms with Crippen molar-refractivity contribution in [1.29, 1.82) is 0 Å². The van der Waals surface area contributed by atoms with Crippen molar-refractivity contribution >= 4 is 44.6 Å². The Bertz CT molecular complexity index is 1690. The van der Waals surface area contributed by atoms with Gasteiger partial charge in [-0.3, -0.25) is 19.1 Å². The first-order valence-corrected chi connectivity index (χ1v) is 18.7. The normalized spacial score (nSPS) is 27.1. The first kappa shape index (κ1) is 36.3. The molecule has 1 saturated carbocycles. The van der Waals surface area contributed by atoms with Crippen LogP contribution in [0.4, 0.5) is 5.95 Å².